The summed E-state index contributed by atoms with van der Waals surface area (Å²) in [6.45, 7) is 1.02. The van der Waals surface area contributed by atoms with E-state index in [4.69, 9.17) is 17.3 Å². The SMILES string of the molecule is NCCC(=O)NCCc1cccc(Cl)c1. The average Bonchev–Trinajstić information content (AvgIpc) is 2.18. The van der Waals surface area contributed by atoms with Gasteiger partial charge in [-0.2, -0.15) is 0 Å². The number of nitrogens with two attached hydrogens (primary N) is 1. The average molecular weight is 227 g/mol. The number of benzene rings is 1. The standard InChI is InChI=1S/C11H15ClN2O/c12-10-3-1-2-9(8-10)5-7-14-11(15)4-6-13/h1-3,8H,4-7,13H2,(H,14,15). The first-order valence-corrected chi connectivity index (χ1v) is 5.31. The van der Waals surface area contributed by atoms with Crippen molar-refractivity contribution in [2.75, 3.05) is 13.1 Å². The monoisotopic (exact) mass is 226 g/mol. The summed E-state index contributed by atoms with van der Waals surface area (Å²) in [5, 5.41) is 3.51. The van der Waals surface area contributed by atoms with Gasteiger partial charge in [-0.05, 0) is 24.1 Å². The molecule has 3 N–H and O–H groups in total. The van der Waals surface area contributed by atoms with Crippen molar-refractivity contribution in [2.45, 2.75) is 12.8 Å². The second kappa shape index (κ2) is 6.43. The molecule has 0 saturated heterocycles. The van der Waals surface area contributed by atoms with Crippen LogP contribution in [0.4, 0.5) is 0 Å². The smallest absolute Gasteiger partial charge is 0.221 e. The van der Waals surface area contributed by atoms with Crippen LogP contribution in [0.25, 0.3) is 0 Å². The minimum atomic E-state index is -0.000437. The van der Waals surface area contributed by atoms with Gasteiger partial charge in [0.05, 0.1) is 0 Å². The van der Waals surface area contributed by atoms with Gasteiger partial charge in [-0.15, -0.1) is 0 Å². The zero-order valence-electron chi connectivity index (χ0n) is 8.50. The lowest BCUT2D eigenvalue weighted by Gasteiger charge is -2.04. The van der Waals surface area contributed by atoms with Crippen LogP contribution in [0.1, 0.15) is 12.0 Å². The summed E-state index contributed by atoms with van der Waals surface area (Å²) in [6, 6.07) is 7.62. The summed E-state index contributed by atoms with van der Waals surface area (Å²) < 4.78 is 0. The quantitative estimate of drug-likeness (QED) is 0.797. The lowest BCUT2D eigenvalue weighted by Crippen LogP contribution is -2.27. The maximum atomic E-state index is 11.1. The van der Waals surface area contributed by atoms with Crippen LogP contribution < -0.4 is 11.1 Å². The molecule has 1 amide bonds. The third kappa shape index (κ3) is 4.81. The van der Waals surface area contributed by atoms with Gasteiger partial charge in [0.25, 0.3) is 0 Å². The van der Waals surface area contributed by atoms with E-state index in [0.29, 0.717) is 19.5 Å². The van der Waals surface area contributed by atoms with Crippen molar-refractivity contribution >= 4 is 17.5 Å². The highest BCUT2D eigenvalue weighted by Crippen LogP contribution is 2.10. The molecule has 1 rings (SSSR count). The van der Waals surface area contributed by atoms with Gasteiger partial charge in [-0.1, -0.05) is 23.7 Å². The van der Waals surface area contributed by atoms with Gasteiger partial charge < -0.3 is 11.1 Å². The molecule has 0 bridgehead atoms. The minimum Gasteiger partial charge on any atom is -0.356 e. The molecular weight excluding hydrogens is 212 g/mol. The molecule has 0 heterocycles. The minimum absolute atomic E-state index is 0.000437. The maximum absolute atomic E-state index is 11.1. The first-order chi connectivity index (χ1) is 7.22. The summed E-state index contributed by atoms with van der Waals surface area (Å²) in [6.07, 6.45) is 1.17. The zero-order chi connectivity index (χ0) is 11.1. The molecule has 4 heteroatoms. The van der Waals surface area contributed by atoms with Gasteiger partial charge in [0.15, 0.2) is 0 Å². The fourth-order valence-electron chi connectivity index (χ4n) is 1.26. The maximum Gasteiger partial charge on any atom is 0.221 e. The van der Waals surface area contributed by atoms with Crippen LogP contribution in [0.3, 0.4) is 0 Å². The summed E-state index contributed by atoms with van der Waals surface area (Å²) >= 11 is 5.83. The molecule has 0 unspecified atom stereocenters. The van der Waals surface area contributed by atoms with Gasteiger partial charge in [0.2, 0.25) is 5.91 Å². The Labute approximate surface area is 94.6 Å². The van der Waals surface area contributed by atoms with E-state index in [1.54, 1.807) is 0 Å². The largest absolute Gasteiger partial charge is 0.356 e. The normalized spacial score (nSPS) is 10.0. The van der Waals surface area contributed by atoms with Crippen molar-refractivity contribution in [3.05, 3.63) is 34.9 Å². The molecule has 0 aliphatic carbocycles. The lowest BCUT2D eigenvalue weighted by atomic mass is 10.1. The molecule has 82 valence electrons. The molecule has 1 aromatic carbocycles. The predicted octanol–water partition coefficient (Wildman–Crippen LogP) is 1.35. The van der Waals surface area contributed by atoms with E-state index < -0.39 is 0 Å². The second-order valence-electron chi connectivity index (χ2n) is 3.27. The van der Waals surface area contributed by atoms with E-state index >= 15 is 0 Å². The zero-order valence-corrected chi connectivity index (χ0v) is 9.26. The van der Waals surface area contributed by atoms with Crippen molar-refractivity contribution < 1.29 is 4.79 Å². The Balaban J connectivity index is 2.28. The number of carbonyl (C=O) groups excluding carboxylic acids is 1. The second-order valence-corrected chi connectivity index (χ2v) is 3.70. The van der Waals surface area contributed by atoms with Crippen molar-refractivity contribution in [3.63, 3.8) is 0 Å². The topological polar surface area (TPSA) is 55.1 Å². The molecular formula is C11H15ClN2O. The summed E-state index contributed by atoms with van der Waals surface area (Å²) in [5.41, 5.74) is 6.37. The Hall–Kier alpha value is -1.06. The number of halogens is 1. The Morgan fingerprint density at radius 3 is 2.93 bits per heavy atom. The van der Waals surface area contributed by atoms with Crippen LogP contribution in [0, 0.1) is 0 Å². The van der Waals surface area contributed by atoms with Crippen LogP contribution in [0.5, 0.6) is 0 Å². The molecule has 0 atom stereocenters. The fourth-order valence-corrected chi connectivity index (χ4v) is 1.47. The number of nitrogens with one attached hydrogen (secondary N) is 1. The molecule has 0 aliphatic rings. The number of carbonyl (C=O) groups is 1. The molecule has 0 radical (unpaired) electrons. The first kappa shape index (κ1) is 12.0. The number of hydrogen-bond acceptors (Lipinski definition) is 2. The highest BCUT2D eigenvalue weighted by Gasteiger charge is 1.99. The molecule has 1 aromatic rings. The highest BCUT2D eigenvalue weighted by molar-refractivity contribution is 6.30. The van der Waals surface area contributed by atoms with Crippen LogP contribution in [-0.4, -0.2) is 19.0 Å². The molecule has 0 fully saturated rings. The van der Waals surface area contributed by atoms with E-state index in [2.05, 4.69) is 5.32 Å². The van der Waals surface area contributed by atoms with Crippen molar-refractivity contribution in [1.29, 1.82) is 0 Å². The van der Waals surface area contributed by atoms with E-state index in [0.717, 1.165) is 17.0 Å². The van der Waals surface area contributed by atoms with E-state index in [1.807, 2.05) is 24.3 Å². The number of rotatable bonds is 5. The van der Waals surface area contributed by atoms with Gasteiger partial charge >= 0.3 is 0 Å². The van der Waals surface area contributed by atoms with Gasteiger partial charge in [-0.25, -0.2) is 0 Å². The Morgan fingerprint density at radius 2 is 2.27 bits per heavy atom. The Morgan fingerprint density at radius 1 is 1.47 bits per heavy atom. The van der Waals surface area contributed by atoms with Crippen LogP contribution in [-0.2, 0) is 11.2 Å². The molecule has 15 heavy (non-hydrogen) atoms. The molecule has 0 aliphatic heterocycles. The molecule has 3 nitrogen and oxygen atoms in total. The Kier molecular flexibility index (Phi) is 5.15. The summed E-state index contributed by atoms with van der Waals surface area (Å²) in [5.74, 6) is -0.000437. The molecule has 0 spiro atoms. The highest BCUT2D eigenvalue weighted by atomic mass is 35.5. The molecule has 0 aromatic heterocycles. The Bertz CT molecular complexity index is 328. The van der Waals surface area contributed by atoms with Crippen LogP contribution in [0.15, 0.2) is 24.3 Å². The number of amides is 1. The van der Waals surface area contributed by atoms with Crippen LogP contribution in [0.2, 0.25) is 5.02 Å². The van der Waals surface area contributed by atoms with Gasteiger partial charge in [-0.3, -0.25) is 4.79 Å². The summed E-state index contributed by atoms with van der Waals surface area (Å²) in [4.78, 5) is 11.1. The first-order valence-electron chi connectivity index (χ1n) is 4.93. The van der Waals surface area contributed by atoms with Crippen molar-refractivity contribution in [3.8, 4) is 0 Å². The van der Waals surface area contributed by atoms with Crippen molar-refractivity contribution in [1.82, 2.24) is 5.32 Å². The molecule has 0 saturated carbocycles. The van der Waals surface area contributed by atoms with E-state index in [9.17, 15) is 4.79 Å². The summed E-state index contributed by atoms with van der Waals surface area (Å²) in [7, 11) is 0. The lowest BCUT2D eigenvalue weighted by molar-refractivity contribution is -0.120. The van der Waals surface area contributed by atoms with E-state index in [1.165, 1.54) is 0 Å². The number of hydrogen-bond donors (Lipinski definition) is 2. The van der Waals surface area contributed by atoms with Gasteiger partial charge in [0, 0.05) is 24.5 Å². The fraction of sp³-hybridized carbons (Fsp3) is 0.364. The van der Waals surface area contributed by atoms with E-state index in [-0.39, 0.29) is 5.91 Å². The third-order valence-electron chi connectivity index (χ3n) is 2.00. The predicted molar refractivity (Wildman–Crippen MR) is 61.8 cm³/mol. The third-order valence-corrected chi connectivity index (χ3v) is 2.23. The van der Waals surface area contributed by atoms with Gasteiger partial charge in [0.1, 0.15) is 0 Å². The van der Waals surface area contributed by atoms with Crippen molar-refractivity contribution in [2.24, 2.45) is 5.73 Å². The van der Waals surface area contributed by atoms with Crippen LogP contribution >= 0.6 is 11.6 Å².